The smallest absolute Gasteiger partial charge is 0.169 e. The molecule has 4 heteroatoms. The molecule has 0 amide bonds. The monoisotopic (exact) mass is 351 g/mol. The summed E-state index contributed by atoms with van der Waals surface area (Å²) in [5.41, 5.74) is 2.07. The molecule has 26 heavy (non-hydrogen) atoms. The van der Waals surface area contributed by atoms with E-state index in [9.17, 15) is 4.79 Å². The van der Waals surface area contributed by atoms with Crippen LogP contribution < -0.4 is 0 Å². The molecule has 0 radical (unpaired) electrons. The first-order chi connectivity index (χ1) is 12.4. The first-order valence-corrected chi connectivity index (χ1v) is 9.81. The topological polar surface area (TPSA) is 38.1 Å². The molecule has 0 spiro atoms. The second-order valence-corrected chi connectivity index (χ2v) is 8.92. The Morgan fingerprint density at radius 3 is 2.35 bits per heavy atom. The normalized spacial score (nSPS) is 26.2. The Labute approximate surface area is 156 Å². The Morgan fingerprint density at radius 2 is 1.77 bits per heavy atom. The van der Waals surface area contributed by atoms with E-state index in [1.165, 1.54) is 18.4 Å². The van der Waals surface area contributed by atoms with Gasteiger partial charge in [-0.15, -0.1) is 0 Å². The predicted molar refractivity (Wildman–Crippen MR) is 103 cm³/mol. The van der Waals surface area contributed by atoms with Gasteiger partial charge >= 0.3 is 0 Å². The molecule has 2 atom stereocenters. The van der Waals surface area contributed by atoms with E-state index < -0.39 is 0 Å². The van der Waals surface area contributed by atoms with Crippen LogP contribution in [-0.4, -0.2) is 32.5 Å². The summed E-state index contributed by atoms with van der Waals surface area (Å²) in [6.07, 6.45) is 8.11. The second kappa shape index (κ2) is 6.66. The number of carbonyl (C=O) groups is 1. The summed E-state index contributed by atoms with van der Waals surface area (Å²) < 4.78 is 1.90. The van der Waals surface area contributed by atoms with Crippen molar-refractivity contribution in [1.29, 1.82) is 0 Å². The third kappa shape index (κ3) is 3.35. The lowest BCUT2D eigenvalue weighted by molar-refractivity contribution is 0.0678. The summed E-state index contributed by atoms with van der Waals surface area (Å²) in [6.45, 7) is 7.34. The molecule has 4 nitrogen and oxygen atoms in total. The molecule has 2 unspecified atom stereocenters. The molecule has 3 heterocycles. The summed E-state index contributed by atoms with van der Waals surface area (Å²) >= 11 is 0. The number of nitrogens with zero attached hydrogens (tertiary/aromatic N) is 3. The molecule has 2 aromatic rings. The van der Waals surface area contributed by atoms with Crippen LogP contribution >= 0.6 is 0 Å². The molecule has 2 aliphatic rings. The average molecular weight is 351 g/mol. The third-order valence-electron chi connectivity index (χ3n) is 6.02. The lowest BCUT2D eigenvalue weighted by Gasteiger charge is -2.38. The molecule has 2 aliphatic heterocycles. The maximum atomic E-state index is 13.1. The van der Waals surface area contributed by atoms with Crippen LogP contribution in [0.25, 0.3) is 0 Å². The maximum Gasteiger partial charge on any atom is 0.169 e. The third-order valence-corrected chi connectivity index (χ3v) is 6.02. The summed E-state index contributed by atoms with van der Waals surface area (Å²) in [5.74, 6) is 0.439. The van der Waals surface area contributed by atoms with Crippen LogP contribution in [0.4, 0.5) is 0 Å². The quantitative estimate of drug-likeness (QED) is 0.772. The minimum absolute atomic E-state index is 0.0867. The van der Waals surface area contributed by atoms with Crippen molar-refractivity contribution in [3.8, 4) is 0 Å². The van der Waals surface area contributed by atoms with Crippen molar-refractivity contribution in [2.75, 3.05) is 0 Å². The molecule has 138 valence electrons. The van der Waals surface area contributed by atoms with Gasteiger partial charge < -0.3 is 0 Å². The van der Waals surface area contributed by atoms with E-state index >= 15 is 0 Å². The van der Waals surface area contributed by atoms with E-state index in [4.69, 9.17) is 0 Å². The van der Waals surface area contributed by atoms with Gasteiger partial charge in [0, 0.05) is 30.7 Å². The van der Waals surface area contributed by atoms with E-state index in [1.807, 2.05) is 10.9 Å². The maximum absolute atomic E-state index is 13.1. The number of rotatable bonds is 4. The Bertz CT molecular complexity index is 760. The van der Waals surface area contributed by atoms with Crippen LogP contribution in [0.5, 0.6) is 0 Å². The minimum Gasteiger partial charge on any atom is -0.294 e. The number of Topliss-reactive ketones (excluding diaryl/α,β-unsaturated/α-hetero) is 1. The SMILES string of the molecule is CC(C)(C)n1cc(C(=O)C2CC3CCC(C2)N3Cc2ccccc2)cn1. The Hall–Kier alpha value is -1.94. The molecular weight excluding hydrogens is 322 g/mol. The fourth-order valence-corrected chi connectivity index (χ4v) is 4.59. The van der Waals surface area contributed by atoms with E-state index in [0.717, 1.165) is 24.9 Å². The van der Waals surface area contributed by atoms with Gasteiger partial charge in [-0.25, -0.2) is 0 Å². The highest BCUT2D eigenvalue weighted by atomic mass is 16.1. The highest BCUT2D eigenvalue weighted by molar-refractivity contribution is 5.97. The zero-order valence-electron chi connectivity index (χ0n) is 16.1. The van der Waals surface area contributed by atoms with Gasteiger partial charge in [-0.2, -0.15) is 5.10 Å². The van der Waals surface area contributed by atoms with Crippen LogP contribution in [0.1, 0.15) is 62.4 Å². The van der Waals surface area contributed by atoms with Gasteiger partial charge in [-0.1, -0.05) is 30.3 Å². The van der Waals surface area contributed by atoms with E-state index in [2.05, 4.69) is 61.1 Å². The van der Waals surface area contributed by atoms with Crippen molar-refractivity contribution < 1.29 is 4.79 Å². The fraction of sp³-hybridized carbons (Fsp3) is 0.545. The Kier molecular flexibility index (Phi) is 4.47. The molecule has 2 fully saturated rings. The zero-order chi connectivity index (χ0) is 18.3. The second-order valence-electron chi connectivity index (χ2n) is 8.92. The molecular formula is C22H29N3O. The van der Waals surface area contributed by atoms with Crippen molar-refractivity contribution in [2.24, 2.45) is 5.92 Å². The van der Waals surface area contributed by atoms with Crippen LogP contribution in [0.3, 0.4) is 0 Å². The number of hydrogen-bond donors (Lipinski definition) is 0. The number of fused-ring (bicyclic) bond motifs is 2. The molecule has 4 rings (SSSR count). The van der Waals surface area contributed by atoms with Gasteiger partial charge in [0.2, 0.25) is 0 Å². The van der Waals surface area contributed by atoms with Crippen molar-refractivity contribution in [3.63, 3.8) is 0 Å². The van der Waals surface area contributed by atoms with Crippen LogP contribution in [0.2, 0.25) is 0 Å². The van der Waals surface area contributed by atoms with E-state index in [1.54, 1.807) is 6.20 Å². The lowest BCUT2D eigenvalue weighted by Crippen LogP contribution is -2.44. The minimum atomic E-state index is -0.0867. The van der Waals surface area contributed by atoms with Crippen molar-refractivity contribution in [3.05, 3.63) is 53.9 Å². The van der Waals surface area contributed by atoms with Crippen molar-refractivity contribution >= 4 is 5.78 Å². The van der Waals surface area contributed by atoms with Crippen molar-refractivity contribution in [1.82, 2.24) is 14.7 Å². The Balaban J connectivity index is 1.45. The standard InChI is InChI=1S/C22H29N3O/c1-22(2,3)25-15-18(13-23-25)21(26)17-11-19-9-10-20(12-17)24(19)14-16-7-5-4-6-8-16/h4-8,13,15,17,19-20H,9-12,14H2,1-3H3. The molecule has 2 saturated heterocycles. The summed E-state index contributed by atoms with van der Waals surface area (Å²) in [6, 6.07) is 11.8. The van der Waals surface area contributed by atoms with Crippen LogP contribution in [-0.2, 0) is 12.1 Å². The lowest BCUT2D eigenvalue weighted by atomic mass is 9.85. The van der Waals surface area contributed by atoms with Crippen molar-refractivity contribution in [2.45, 2.75) is 70.6 Å². The molecule has 0 N–H and O–H groups in total. The van der Waals surface area contributed by atoms with Gasteiger partial charge in [0.1, 0.15) is 0 Å². The predicted octanol–water partition coefficient (Wildman–Crippen LogP) is 4.26. The van der Waals surface area contributed by atoms with Gasteiger partial charge in [-0.3, -0.25) is 14.4 Å². The highest BCUT2D eigenvalue weighted by Gasteiger charge is 2.43. The highest BCUT2D eigenvalue weighted by Crippen LogP contribution is 2.40. The van der Waals surface area contributed by atoms with Gasteiger partial charge in [-0.05, 0) is 52.0 Å². The van der Waals surface area contributed by atoms with Gasteiger partial charge in [0.05, 0.1) is 17.3 Å². The van der Waals surface area contributed by atoms with Crippen LogP contribution in [0, 0.1) is 5.92 Å². The number of hydrogen-bond acceptors (Lipinski definition) is 3. The summed E-state index contributed by atoms with van der Waals surface area (Å²) in [5, 5.41) is 4.41. The summed E-state index contributed by atoms with van der Waals surface area (Å²) in [7, 11) is 0. The molecule has 1 aromatic heterocycles. The molecule has 2 bridgehead atoms. The zero-order valence-corrected chi connectivity index (χ0v) is 16.1. The van der Waals surface area contributed by atoms with E-state index in [0.29, 0.717) is 12.1 Å². The van der Waals surface area contributed by atoms with Gasteiger partial charge in [0.15, 0.2) is 5.78 Å². The first kappa shape index (κ1) is 17.5. The number of benzene rings is 1. The number of aromatic nitrogens is 2. The Morgan fingerprint density at radius 1 is 1.12 bits per heavy atom. The number of ketones is 1. The molecule has 0 saturated carbocycles. The molecule has 0 aliphatic carbocycles. The fourth-order valence-electron chi connectivity index (χ4n) is 4.59. The van der Waals surface area contributed by atoms with Gasteiger partial charge in [0.25, 0.3) is 0 Å². The first-order valence-electron chi connectivity index (χ1n) is 9.81. The average Bonchev–Trinajstić information content (AvgIpc) is 3.18. The summed E-state index contributed by atoms with van der Waals surface area (Å²) in [4.78, 5) is 15.7. The largest absolute Gasteiger partial charge is 0.294 e. The van der Waals surface area contributed by atoms with Crippen LogP contribution in [0.15, 0.2) is 42.7 Å². The molecule has 1 aromatic carbocycles. The van der Waals surface area contributed by atoms with E-state index in [-0.39, 0.29) is 17.2 Å². The number of carbonyl (C=O) groups excluding carboxylic acids is 1. The number of piperidine rings is 1.